The molecule has 0 aliphatic heterocycles. The summed E-state index contributed by atoms with van der Waals surface area (Å²) in [5.41, 5.74) is 1.58. The number of hydrogen-bond donors (Lipinski definition) is 3. The van der Waals surface area contributed by atoms with Gasteiger partial charge in [0, 0.05) is 19.6 Å². The average Bonchev–Trinajstić information content (AvgIpc) is 3.00. The largest absolute Gasteiger partial charge is 0.395 e. The van der Waals surface area contributed by atoms with Crippen LogP contribution in [0.4, 0.5) is 0 Å². The van der Waals surface area contributed by atoms with Gasteiger partial charge in [-0.3, -0.25) is 0 Å². The monoisotopic (exact) mass is 547 g/mol. The van der Waals surface area contributed by atoms with Crippen LogP contribution in [-0.2, 0) is 38.8 Å². The number of ether oxygens (including phenoxy) is 4. The molecule has 1 aliphatic carbocycles. The van der Waals surface area contributed by atoms with Crippen molar-refractivity contribution in [2.75, 3.05) is 20.3 Å². The van der Waals surface area contributed by atoms with Crippen molar-refractivity contribution in [2.24, 2.45) is 0 Å². The number of nitrogens with one attached hydrogen (secondary N) is 1. The number of aliphatic hydroxyl groups excluding tert-OH is 1. The molecule has 4 rings (SSSR count). The Kier molecular flexibility index (Phi) is 11.4. The second-order valence-electron chi connectivity index (χ2n) is 10.2. The second kappa shape index (κ2) is 15.2. The van der Waals surface area contributed by atoms with E-state index in [2.05, 4.69) is 11.9 Å². The molecule has 0 radical (unpaired) electrons. The maximum atomic E-state index is 12.0. The zero-order valence-electron chi connectivity index (χ0n) is 23.1. The fourth-order valence-corrected chi connectivity index (χ4v) is 5.21. The van der Waals surface area contributed by atoms with Gasteiger partial charge in [0.1, 0.15) is 23.9 Å². The lowest BCUT2D eigenvalue weighted by Crippen LogP contribution is -2.68. The minimum absolute atomic E-state index is 0.133. The van der Waals surface area contributed by atoms with Crippen LogP contribution < -0.4 is 5.32 Å². The molecule has 3 aromatic carbocycles. The van der Waals surface area contributed by atoms with Gasteiger partial charge in [-0.05, 0) is 16.7 Å². The van der Waals surface area contributed by atoms with Crippen molar-refractivity contribution in [1.82, 2.24) is 5.32 Å². The molecule has 7 nitrogen and oxygen atoms in total. The third-order valence-corrected chi connectivity index (χ3v) is 7.29. The summed E-state index contributed by atoms with van der Waals surface area (Å²) in [6.45, 7) is 5.09. The van der Waals surface area contributed by atoms with E-state index in [0.29, 0.717) is 26.4 Å². The quantitative estimate of drug-likeness (QED) is 0.248. The molecule has 1 aliphatic rings. The molecule has 0 spiro atoms. The highest BCUT2D eigenvalue weighted by atomic mass is 16.6. The summed E-state index contributed by atoms with van der Waals surface area (Å²) in [5.74, 6) is 0. The average molecular weight is 548 g/mol. The lowest BCUT2D eigenvalue weighted by Gasteiger charge is -2.50. The topological polar surface area (TPSA) is 89.4 Å². The standard InChI is InChI=1S/C33H41NO6/c1-3-33(36)19-29(34-28(20-35)24-37-2)30(38-21-25-13-7-4-8-14-25)31(39-22-26-15-9-5-10-16-26)32(33)40-23-27-17-11-6-12-18-27/h3-18,28-32,34-36H,1,19-24H2,2H3. The number of hydrogen-bond acceptors (Lipinski definition) is 7. The van der Waals surface area contributed by atoms with Crippen molar-refractivity contribution >= 4 is 0 Å². The number of benzene rings is 3. The van der Waals surface area contributed by atoms with Gasteiger partial charge in [0.2, 0.25) is 0 Å². The van der Waals surface area contributed by atoms with Crippen molar-refractivity contribution in [2.45, 2.75) is 62.2 Å². The molecule has 3 N–H and O–H groups in total. The summed E-state index contributed by atoms with van der Waals surface area (Å²) in [6.07, 6.45) is -0.156. The smallest absolute Gasteiger partial charge is 0.119 e. The van der Waals surface area contributed by atoms with Crippen LogP contribution in [0.15, 0.2) is 104 Å². The molecule has 0 saturated heterocycles. The predicted molar refractivity (Wildman–Crippen MR) is 154 cm³/mol. The molecule has 7 heteroatoms. The Labute approximate surface area is 237 Å². The van der Waals surface area contributed by atoms with E-state index in [-0.39, 0.29) is 19.1 Å². The molecule has 1 fully saturated rings. The van der Waals surface area contributed by atoms with Crippen LogP contribution in [0, 0.1) is 0 Å². The summed E-state index contributed by atoms with van der Waals surface area (Å²) < 4.78 is 24.9. The Hall–Kier alpha value is -2.88. The molecule has 1 saturated carbocycles. The summed E-state index contributed by atoms with van der Waals surface area (Å²) in [6, 6.07) is 28.9. The van der Waals surface area contributed by atoms with Crippen molar-refractivity contribution in [3.8, 4) is 0 Å². The van der Waals surface area contributed by atoms with E-state index in [1.807, 2.05) is 91.0 Å². The Morgan fingerprint density at radius 2 is 1.30 bits per heavy atom. The normalized spacial score (nSPS) is 25.4. The molecular weight excluding hydrogens is 506 g/mol. The van der Waals surface area contributed by atoms with Crippen LogP contribution in [0.5, 0.6) is 0 Å². The van der Waals surface area contributed by atoms with E-state index in [0.717, 1.165) is 16.7 Å². The van der Waals surface area contributed by atoms with Gasteiger partial charge in [0.15, 0.2) is 0 Å². The van der Waals surface area contributed by atoms with E-state index in [1.165, 1.54) is 6.08 Å². The van der Waals surface area contributed by atoms with Crippen LogP contribution in [0.1, 0.15) is 23.1 Å². The van der Waals surface area contributed by atoms with E-state index in [4.69, 9.17) is 18.9 Å². The molecule has 0 amide bonds. The SMILES string of the molecule is C=CC1(O)CC(NC(CO)COC)C(OCc2ccccc2)C(OCc2ccccc2)C1OCc1ccccc1. The predicted octanol–water partition coefficient (Wildman–Crippen LogP) is 4.03. The fourth-order valence-electron chi connectivity index (χ4n) is 5.21. The molecule has 0 heterocycles. The Balaban J connectivity index is 1.67. The van der Waals surface area contributed by atoms with Gasteiger partial charge >= 0.3 is 0 Å². The Morgan fingerprint density at radius 1 is 0.825 bits per heavy atom. The molecule has 214 valence electrons. The summed E-state index contributed by atoms with van der Waals surface area (Å²) >= 11 is 0. The highest BCUT2D eigenvalue weighted by Gasteiger charge is 2.54. The first-order chi connectivity index (χ1) is 19.6. The minimum atomic E-state index is -1.42. The van der Waals surface area contributed by atoms with Crippen LogP contribution in [0.25, 0.3) is 0 Å². The third kappa shape index (κ3) is 8.08. The third-order valence-electron chi connectivity index (χ3n) is 7.29. The fraction of sp³-hybridized carbons (Fsp3) is 0.394. The number of rotatable bonds is 15. The first-order valence-electron chi connectivity index (χ1n) is 13.7. The van der Waals surface area contributed by atoms with E-state index >= 15 is 0 Å². The van der Waals surface area contributed by atoms with Crippen LogP contribution in [-0.4, -0.2) is 66.5 Å². The summed E-state index contributed by atoms with van der Waals surface area (Å²) in [4.78, 5) is 0. The highest BCUT2D eigenvalue weighted by Crippen LogP contribution is 2.37. The zero-order chi connectivity index (χ0) is 28.2. The van der Waals surface area contributed by atoms with Crippen molar-refractivity contribution in [3.05, 3.63) is 120 Å². The number of aliphatic hydroxyl groups is 2. The van der Waals surface area contributed by atoms with Gasteiger partial charge < -0.3 is 34.5 Å². The van der Waals surface area contributed by atoms with Crippen LogP contribution in [0.2, 0.25) is 0 Å². The van der Waals surface area contributed by atoms with Crippen molar-refractivity contribution in [1.29, 1.82) is 0 Å². The molecule has 3 aromatic rings. The lowest BCUT2D eigenvalue weighted by molar-refractivity contribution is -0.231. The minimum Gasteiger partial charge on any atom is -0.395 e. The van der Waals surface area contributed by atoms with Crippen LogP contribution >= 0.6 is 0 Å². The molecular formula is C33H41NO6. The van der Waals surface area contributed by atoms with Crippen molar-refractivity contribution in [3.63, 3.8) is 0 Å². The Bertz CT molecular complexity index is 1130. The maximum absolute atomic E-state index is 12.0. The molecule has 6 unspecified atom stereocenters. The van der Waals surface area contributed by atoms with Gasteiger partial charge in [-0.2, -0.15) is 0 Å². The maximum Gasteiger partial charge on any atom is 0.119 e. The zero-order valence-corrected chi connectivity index (χ0v) is 23.1. The van der Waals surface area contributed by atoms with Gasteiger partial charge in [-0.1, -0.05) is 97.1 Å². The van der Waals surface area contributed by atoms with Gasteiger partial charge in [0.25, 0.3) is 0 Å². The Morgan fingerprint density at radius 3 is 1.75 bits per heavy atom. The van der Waals surface area contributed by atoms with E-state index in [1.54, 1.807) is 7.11 Å². The molecule has 0 bridgehead atoms. The van der Waals surface area contributed by atoms with E-state index < -0.39 is 30.0 Å². The summed E-state index contributed by atoms with van der Waals surface area (Å²) in [5, 5.41) is 25.5. The van der Waals surface area contributed by atoms with Gasteiger partial charge in [-0.25, -0.2) is 0 Å². The van der Waals surface area contributed by atoms with Crippen LogP contribution in [0.3, 0.4) is 0 Å². The van der Waals surface area contributed by atoms with Gasteiger partial charge in [0.05, 0.1) is 39.1 Å². The van der Waals surface area contributed by atoms with Gasteiger partial charge in [-0.15, -0.1) is 6.58 Å². The molecule has 0 aromatic heterocycles. The lowest BCUT2D eigenvalue weighted by atomic mass is 9.75. The van der Waals surface area contributed by atoms with Crippen molar-refractivity contribution < 1.29 is 29.2 Å². The highest BCUT2D eigenvalue weighted by molar-refractivity contribution is 5.19. The summed E-state index contributed by atoms with van der Waals surface area (Å²) in [7, 11) is 1.59. The van der Waals surface area contributed by atoms with E-state index in [9.17, 15) is 10.2 Å². The molecule has 6 atom stereocenters. The second-order valence-corrected chi connectivity index (χ2v) is 10.2. The first kappa shape index (κ1) is 30.1. The number of methoxy groups -OCH3 is 1. The first-order valence-corrected chi connectivity index (χ1v) is 13.7. The molecule has 40 heavy (non-hydrogen) atoms.